The van der Waals surface area contributed by atoms with Gasteiger partial charge in [-0.1, -0.05) is 54.7 Å². The van der Waals surface area contributed by atoms with Gasteiger partial charge in [0.15, 0.2) is 0 Å². The summed E-state index contributed by atoms with van der Waals surface area (Å²) >= 11 is 18.3. The van der Waals surface area contributed by atoms with E-state index in [1.807, 2.05) is 13.8 Å². The smallest absolute Gasteiger partial charge is 0.324 e. The number of imide groups is 1. The molecule has 2 aliphatic heterocycles. The quantitative estimate of drug-likeness (QED) is 0.504. The number of carbonyl (C=O) groups is 3. The number of aromatic hydroxyl groups is 1. The molecule has 2 saturated heterocycles. The molecule has 2 fully saturated rings. The number of hydrogen-bond donors (Lipinski definition) is 3. The molecule has 4 rings (SSSR count). The maximum absolute atomic E-state index is 13.7. The van der Waals surface area contributed by atoms with Crippen molar-refractivity contribution in [1.29, 1.82) is 0 Å². The summed E-state index contributed by atoms with van der Waals surface area (Å²) in [7, 11) is 0. The van der Waals surface area contributed by atoms with Crippen LogP contribution in [0.2, 0.25) is 15.1 Å². The van der Waals surface area contributed by atoms with Gasteiger partial charge in [-0.2, -0.15) is 0 Å². The topological polar surface area (TPSA) is 107 Å². The highest BCUT2D eigenvalue weighted by molar-refractivity contribution is 6.35. The summed E-state index contributed by atoms with van der Waals surface area (Å²) in [6, 6.07) is 7.99. The minimum absolute atomic E-state index is 0.0454. The number of benzene rings is 2. The lowest BCUT2D eigenvalue weighted by Gasteiger charge is -2.32. The first-order valence-electron chi connectivity index (χ1n) is 10.3. The number of phenolic OH excluding ortho intramolecular Hbond substituents is 1. The van der Waals surface area contributed by atoms with Crippen LogP contribution in [0.15, 0.2) is 36.4 Å². The van der Waals surface area contributed by atoms with Crippen molar-refractivity contribution >= 4 is 58.3 Å². The van der Waals surface area contributed by atoms with Crippen LogP contribution >= 0.6 is 34.8 Å². The average molecular weight is 512 g/mol. The highest BCUT2D eigenvalue weighted by atomic mass is 35.5. The third-order valence-corrected chi connectivity index (χ3v) is 6.97. The van der Waals surface area contributed by atoms with E-state index in [0.717, 1.165) is 4.90 Å². The Morgan fingerprint density at radius 1 is 1.12 bits per heavy atom. The summed E-state index contributed by atoms with van der Waals surface area (Å²) < 4.78 is 0. The highest BCUT2D eigenvalue weighted by Crippen LogP contribution is 2.53. The number of amides is 2. The molecular weight excluding hydrogens is 491 g/mol. The minimum atomic E-state index is -1.75. The van der Waals surface area contributed by atoms with Gasteiger partial charge in [-0.15, -0.1) is 0 Å². The van der Waals surface area contributed by atoms with Gasteiger partial charge in [0.2, 0.25) is 11.8 Å². The monoisotopic (exact) mass is 510 g/mol. The molecule has 0 aromatic heterocycles. The molecule has 3 N–H and O–H groups in total. The molecular formula is C23H21Cl3N2O5. The van der Waals surface area contributed by atoms with Gasteiger partial charge in [-0.25, -0.2) is 4.90 Å². The Morgan fingerprint density at radius 2 is 1.82 bits per heavy atom. The Labute approximate surface area is 205 Å². The fourth-order valence-electron chi connectivity index (χ4n) is 5.08. The Kier molecular flexibility index (Phi) is 6.12. The first-order chi connectivity index (χ1) is 15.5. The number of carbonyl (C=O) groups excluding carboxylic acids is 2. The van der Waals surface area contributed by atoms with Crippen LogP contribution in [-0.4, -0.2) is 33.5 Å². The van der Waals surface area contributed by atoms with Crippen molar-refractivity contribution in [2.45, 2.75) is 31.8 Å². The molecule has 0 aliphatic carbocycles. The van der Waals surface area contributed by atoms with E-state index in [2.05, 4.69) is 5.32 Å². The number of hydrogen-bond acceptors (Lipinski definition) is 5. The lowest BCUT2D eigenvalue weighted by atomic mass is 9.75. The van der Waals surface area contributed by atoms with Gasteiger partial charge in [0.1, 0.15) is 11.3 Å². The van der Waals surface area contributed by atoms with E-state index in [1.54, 1.807) is 18.2 Å². The van der Waals surface area contributed by atoms with E-state index in [1.165, 1.54) is 18.2 Å². The third-order valence-electron chi connectivity index (χ3n) is 6.23. The molecule has 7 nitrogen and oxygen atoms in total. The van der Waals surface area contributed by atoms with Crippen molar-refractivity contribution in [1.82, 2.24) is 5.32 Å². The second-order valence-corrected chi connectivity index (χ2v) is 10.1. The fraction of sp³-hybridized carbons (Fsp3) is 0.348. The molecule has 0 radical (unpaired) electrons. The van der Waals surface area contributed by atoms with Crippen LogP contribution < -0.4 is 10.2 Å². The molecule has 2 amide bonds. The molecule has 174 valence electrons. The number of nitrogens with one attached hydrogen (secondary N) is 1. The molecule has 2 aromatic rings. The van der Waals surface area contributed by atoms with Gasteiger partial charge >= 0.3 is 5.97 Å². The van der Waals surface area contributed by atoms with E-state index in [0.29, 0.717) is 5.02 Å². The molecule has 2 aromatic carbocycles. The molecule has 0 unspecified atom stereocenters. The molecule has 0 saturated carbocycles. The maximum atomic E-state index is 13.7. The molecule has 10 heteroatoms. The first kappa shape index (κ1) is 23.8. The standard InChI is InChI=1S/C23H21Cl3N2O5/c1-10(2)9-23(22(32)33)17-16(18(27-23)14-7-12(25)8-15(26)19(14)29)20(30)28(21(17)31)13-5-3-4-11(24)6-13/h3-8,10,16-18,27,29H,9H2,1-2H3,(H,32,33)/t16-,17-,18+,23-/m0/s1. The number of carboxylic acids is 1. The number of anilines is 1. The van der Waals surface area contributed by atoms with Crippen LogP contribution in [0.25, 0.3) is 0 Å². The van der Waals surface area contributed by atoms with Crippen LogP contribution in [0.1, 0.15) is 31.9 Å². The van der Waals surface area contributed by atoms with Crippen LogP contribution in [-0.2, 0) is 14.4 Å². The van der Waals surface area contributed by atoms with Gasteiger partial charge in [-0.05, 0) is 42.7 Å². The van der Waals surface area contributed by atoms with Gasteiger partial charge < -0.3 is 10.2 Å². The van der Waals surface area contributed by atoms with E-state index >= 15 is 0 Å². The zero-order valence-corrected chi connectivity index (χ0v) is 19.9. The first-order valence-corrected chi connectivity index (χ1v) is 11.4. The van der Waals surface area contributed by atoms with Gasteiger partial charge in [-0.3, -0.25) is 19.7 Å². The van der Waals surface area contributed by atoms with E-state index in [-0.39, 0.29) is 39.4 Å². The lowest BCUT2D eigenvalue weighted by Crippen LogP contribution is -2.56. The predicted octanol–water partition coefficient (Wildman–Crippen LogP) is 4.67. The van der Waals surface area contributed by atoms with Crippen molar-refractivity contribution in [3.05, 3.63) is 57.0 Å². The van der Waals surface area contributed by atoms with Crippen molar-refractivity contribution in [2.24, 2.45) is 17.8 Å². The van der Waals surface area contributed by atoms with Gasteiger partial charge in [0, 0.05) is 21.7 Å². The van der Waals surface area contributed by atoms with Gasteiger partial charge in [0.05, 0.1) is 22.5 Å². The second kappa shape index (κ2) is 8.47. The summed E-state index contributed by atoms with van der Waals surface area (Å²) in [4.78, 5) is 41.0. The zero-order valence-electron chi connectivity index (χ0n) is 17.7. The van der Waals surface area contributed by atoms with Crippen molar-refractivity contribution in [2.75, 3.05) is 4.90 Å². The summed E-state index contributed by atoms with van der Waals surface area (Å²) in [5.41, 5.74) is -1.34. The van der Waals surface area contributed by atoms with Crippen LogP contribution in [0, 0.1) is 17.8 Å². The number of halogens is 3. The summed E-state index contributed by atoms with van der Waals surface area (Å²) in [6.07, 6.45) is 0.0808. The van der Waals surface area contributed by atoms with Crippen LogP contribution in [0.5, 0.6) is 5.75 Å². The fourth-order valence-corrected chi connectivity index (χ4v) is 5.77. The van der Waals surface area contributed by atoms with Crippen molar-refractivity contribution in [3.8, 4) is 5.75 Å². The average Bonchev–Trinajstić information content (AvgIpc) is 3.19. The Balaban J connectivity index is 1.93. The van der Waals surface area contributed by atoms with Crippen molar-refractivity contribution in [3.63, 3.8) is 0 Å². The molecule has 2 heterocycles. The number of carboxylic acid groups (broad SMARTS) is 1. The van der Waals surface area contributed by atoms with E-state index in [9.17, 15) is 24.6 Å². The Bertz CT molecular complexity index is 1170. The molecule has 2 aliphatic rings. The molecule has 0 spiro atoms. The number of nitrogens with zero attached hydrogens (tertiary/aromatic N) is 1. The largest absolute Gasteiger partial charge is 0.506 e. The normalized spacial score (nSPS) is 26.8. The number of phenols is 1. The molecule has 4 atom stereocenters. The van der Waals surface area contributed by atoms with Crippen LogP contribution in [0.3, 0.4) is 0 Å². The SMILES string of the molecule is CC(C)C[C@]1(C(=O)O)N[C@H](c2cc(Cl)cc(Cl)c2O)[C@H]2C(=O)N(c3cccc(Cl)c3)C(=O)[C@H]21. The van der Waals surface area contributed by atoms with E-state index < -0.39 is 41.2 Å². The predicted molar refractivity (Wildman–Crippen MR) is 125 cm³/mol. The number of fused-ring (bicyclic) bond motifs is 1. The lowest BCUT2D eigenvalue weighted by molar-refractivity contribution is -0.149. The van der Waals surface area contributed by atoms with Gasteiger partial charge in [0.25, 0.3) is 0 Å². The number of rotatable bonds is 5. The summed E-state index contributed by atoms with van der Waals surface area (Å²) in [5.74, 6) is -5.25. The maximum Gasteiger partial charge on any atom is 0.324 e. The highest BCUT2D eigenvalue weighted by Gasteiger charge is 2.69. The van der Waals surface area contributed by atoms with E-state index in [4.69, 9.17) is 34.8 Å². The Hall–Kier alpha value is -2.32. The zero-order chi connectivity index (χ0) is 24.2. The second-order valence-electron chi connectivity index (χ2n) is 8.82. The Morgan fingerprint density at radius 3 is 2.42 bits per heavy atom. The molecule has 33 heavy (non-hydrogen) atoms. The summed E-state index contributed by atoms with van der Waals surface area (Å²) in [6.45, 7) is 3.66. The van der Waals surface area contributed by atoms with Crippen LogP contribution in [0.4, 0.5) is 5.69 Å². The summed E-state index contributed by atoms with van der Waals surface area (Å²) in [5, 5.41) is 24.5. The van der Waals surface area contributed by atoms with Crippen molar-refractivity contribution < 1.29 is 24.6 Å². The molecule has 0 bridgehead atoms. The third kappa shape index (κ3) is 3.77. The minimum Gasteiger partial charge on any atom is -0.506 e. The number of aliphatic carboxylic acids is 1.